The summed E-state index contributed by atoms with van der Waals surface area (Å²) < 4.78 is 16.2. The Morgan fingerprint density at radius 3 is 2.36 bits per heavy atom. The lowest BCUT2D eigenvalue weighted by Crippen LogP contribution is -2.11. The van der Waals surface area contributed by atoms with Crippen LogP contribution in [0.2, 0.25) is 0 Å². The number of methoxy groups -OCH3 is 2. The molecule has 0 radical (unpaired) electrons. The summed E-state index contributed by atoms with van der Waals surface area (Å²) in [7, 11) is 3.15. The van der Waals surface area contributed by atoms with Crippen molar-refractivity contribution in [2.75, 3.05) is 14.2 Å². The average Bonchev–Trinajstić information content (AvgIpc) is 2.61. The van der Waals surface area contributed by atoms with E-state index in [4.69, 9.17) is 13.9 Å². The Morgan fingerprint density at radius 1 is 1.04 bits per heavy atom. The second-order valence-electron chi connectivity index (χ2n) is 5.86. The monoisotopic (exact) mass is 340 g/mol. The summed E-state index contributed by atoms with van der Waals surface area (Å²) in [6, 6.07) is 12.8. The van der Waals surface area contributed by atoms with Gasteiger partial charge in [0.2, 0.25) is 0 Å². The van der Waals surface area contributed by atoms with Gasteiger partial charge in [-0.15, -0.1) is 0 Å². The Hall–Kier alpha value is -2.79. The van der Waals surface area contributed by atoms with E-state index in [1.165, 1.54) is 0 Å². The number of hydrogen-bond acceptors (Lipinski definition) is 5. The van der Waals surface area contributed by atoms with Crippen LogP contribution in [0.3, 0.4) is 0 Å². The second-order valence-corrected chi connectivity index (χ2v) is 5.86. The molecular formula is C20H20O5. The van der Waals surface area contributed by atoms with Crippen LogP contribution in [0.1, 0.15) is 12.7 Å². The predicted molar refractivity (Wildman–Crippen MR) is 96.4 cm³/mol. The van der Waals surface area contributed by atoms with Gasteiger partial charge in [-0.1, -0.05) is 24.3 Å². The molecule has 0 aliphatic carbocycles. The van der Waals surface area contributed by atoms with Gasteiger partial charge in [-0.3, -0.25) is 0 Å². The lowest BCUT2D eigenvalue weighted by molar-refractivity contribution is 0.186. The second kappa shape index (κ2) is 6.99. The van der Waals surface area contributed by atoms with Crippen LogP contribution in [-0.2, 0) is 6.42 Å². The summed E-state index contributed by atoms with van der Waals surface area (Å²) in [5.74, 6) is 1.65. The Kier molecular flexibility index (Phi) is 4.76. The SMILES string of the molecule is COc1ccc(-c2c(CC(C)O)oc(=O)c3ccccc23)cc1OC. The highest BCUT2D eigenvalue weighted by molar-refractivity contribution is 5.97. The van der Waals surface area contributed by atoms with Gasteiger partial charge in [-0.05, 0) is 30.7 Å². The van der Waals surface area contributed by atoms with Crippen molar-refractivity contribution < 1.29 is 19.0 Å². The number of benzene rings is 2. The number of fused-ring (bicyclic) bond motifs is 1. The fourth-order valence-electron chi connectivity index (χ4n) is 2.97. The molecule has 130 valence electrons. The van der Waals surface area contributed by atoms with Gasteiger partial charge in [-0.25, -0.2) is 4.79 Å². The zero-order valence-electron chi connectivity index (χ0n) is 14.4. The summed E-state index contributed by atoms with van der Waals surface area (Å²) in [5, 5.41) is 11.1. The van der Waals surface area contributed by atoms with Gasteiger partial charge in [-0.2, -0.15) is 0 Å². The molecule has 0 saturated heterocycles. The Morgan fingerprint density at radius 2 is 1.72 bits per heavy atom. The summed E-state index contributed by atoms with van der Waals surface area (Å²) in [5.41, 5.74) is 1.20. The molecule has 1 atom stereocenters. The van der Waals surface area contributed by atoms with Crippen molar-refractivity contribution in [1.29, 1.82) is 0 Å². The van der Waals surface area contributed by atoms with Gasteiger partial charge >= 0.3 is 5.63 Å². The summed E-state index contributed by atoms with van der Waals surface area (Å²) >= 11 is 0. The molecule has 25 heavy (non-hydrogen) atoms. The van der Waals surface area contributed by atoms with Crippen molar-refractivity contribution in [2.45, 2.75) is 19.4 Å². The third kappa shape index (κ3) is 3.23. The van der Waals surface area contributed by atoms with Gasteiger partial charge in [0.25, 0.3) is 0 Å². The Labute approximate surface area is 145 Å². The fraction of sp³-hybridized carbons (Fsp3) is 0.250. The molecule has 2 aromatic carbocycles. The topological polar surface area (TPSA) is 68.9 Å². The Bertz CT molecular complexity index is 956. The van der Waals surface area contributed by atoms with Crippen molar-refractivity contribution in [3.05, 3.63) is 58.6 Å². The third-order valence-electron chi connectivity index (χ3n) is 4.06. The number of aliphatic hydroxyl groups is 1. The minimum absolute atomic E-state index is 0.240. The molecule has 3 aromatic rings. The number of rotatable bonds is 5. The van der Waals surface area contributed by atoms with E-state index < -0.39 is 11.7 Å². The zero-order valence-corrected chi connectivity index (χ0v) is 14.4. The minimum Gasteiger partial charge on any atom is -0.493 e. The highest BCUT2D eigenvalue weighted by Crippen LogP contribution is 2.37. The van der Waals surface area contributed by atoms with Crippen LogP contribution in [0, 0.1) is 0 Å². The lowest BCUT2D eigenvalue weighted by atomic mass is 9.96. The molecule has 1 unspecified atom stereocenters. The van der Waals surface area contributed by atoms with E-state index in [-0.39, 0.29) is 6.42 Å². The van der Waals surface area contributed by atoms with Crippen molar-refractivity contribution in [1.82, 2.24) is 0 Å². The third-order valence-corrected chi connectivity index (χ3v) is 4.06. The molecule has 0 spiro atoms. The molecule has 3 rings (SSSR count). The first kappa shape index (κ1) is 17.0. The van der Waals surface area contributed by atoms with Crippen LogP contribution in [0.4, 0.5) is 0 Å². The maximum absolute atomic E-state index is 12.3. The summed E-state index contributed by atoms with van der Waals surface area (Å²) in [6.45, 7) is 1.66. The van der Waals surface area contributed by atoms with Gasteiger partial charge in [0.05, 0.1) is 25.7 Å². The normalized spacial score (nSPS) is 12.2. The van der Waals surface area contributed by atoms with E-state index in [0.717, 1.165) is 16.5 Å². The molecule has 5 heteroatoms. The molecule has 1 aromatic heterocycles. The molecule has 1 heterocycles. The predicted octanol–water partition coefficient (Wildman–Crippen LogP) is 3.40. The van der Waals surface area contributed by atoms with Crippen LogP contribution in [0.15, 0.2) is 51.7 Å². The quantitative estimate of drug-likeness (QED) is 0.771. The number of hydrogen-bond donors (Lipinski definition) is 1. The van der Waals surface area contributed by atoms with Crippen molar-refractivity contribution in [3.8, 4) is 22.6 Å². The molecule has 0 bridgehead atoms. The van der Waals surface area contributed by atoms with Crippen LogP contribution >= 0.6 is 0 Å². The van der Waals surface area contributed by atoms with E-state index in [0.29, 0.717) is 22.6 Å². The van der Waals surface area contributed by atoms with Crippen molar-refractivity contribution in [2.24, 2.45) is 0 Å². The molecular weight excluding hydrogens is 320 g/mol. The smallest absolute Gasteiger partial charge is 0.343 e. The number of aliphatic hydroxyl groups excluding tert-OH is 1. The largest absolute Gasteiger partial charge is 0.493 e. The maximum Gasteiger partial charge on any atom is 0.343 e. The first-order valence-corrected chi connectivity index (χ1v) is 8.00. The van der Waals surface area contributed by atoms with Crippen LogP contribution in [-0.4, -0.2) is 25.4 Å². The first-order valence-electron chi connectivity index (χ1n) is 8.00. The van der Waals surface area contributed by atoms with Crippen LogP contribution < -0.4 is 15.1 Å². The van der Waals surface area contributed by atoms with Crippen molar-refractivity contribution in [3.63, 3.8) is 0 Å². The summed E-state index contributed by atoms with van der Waals surface area (Å²) in [6.07, 6.45) is -0.396. The molecule has 0 amide bonds. The number of ether oxygens (including phenoxy) is 2. The molecule has 0 aliphatic heterocycles. The molecule has 0 fully saturated rings. The minimum atomic E-state index is -0.636. The highest BCUT2D eigenvalue weighted by atomic mass is 16.5. The van der Waals surface area contributed by atoms with E-state index in [2.05, 4.69) is 0 Å². The molecule has 1 N–H and O–H groups in total. The standard InChI is InChI=1S/C20H20O5/c1-12(21)10-18-19(13-8-9-16(23-2)17(11-13)24-3)14-6-4-5-7-15(14)20(22)25-18/h4-9,11-12,21H,10H2,1-3H3. The van der Waals surface area contributed by atoms with E-state index in [9.17, 15) is 9.90 Å². The van der Waals surface area contributed by atoms with E-state index >= 15 is 0 Å². The van der Waals surface area contributed by atoms with E-state index in [1.54, 1.807) is 39.3 Å². The van der Waals surface area contributed by atoms with Gasteiger partial charge < -0.3 is 19.0 Å². The highest BCUT2D eigenvalue weighted by Gasteiger charge is 2.18. The van der Waals surface area contributed by atoms with Gasteiger partial charge in [0.15, 0.2) is 11.5 Å². The zero-order chi connectivity index (χ0) is 18.0. The van der Waals surface area contributed by atoms with Crippen LogP contribution in [0.25, 0.3) is 21.9 Å². The molecule has 0 saturated carbocycles. The average molecular weight is 340 g/mol. The van der Waals surface area contributed by atoms with Crippen LogP contribution in [0.5, 0.6) is 11.5 Å². The van der Waals surface area contributed by atoms with Crippen molar-refractivity contribution >= 4 is 10.8 Å². The molecule has 5 nitrogen and oxygen atoms in total. The maximum atomic E-state index is 12.3. The molecule has 0 aliphatic rings. The lowest BCUT2D eigenvalue weighted by Gasteiger charge is -2.15. The Balaban J connectivity index is 2.33. The first-order chi connectivity index (χ1) is 12.0. The van der Waals surface area contributed by atoms with Gasteiger partial charge in [0.1, 0.15) is 5.76 Å². The van der Waals surface area contributed by atoms with Gasteiger partial charge in [0, 0.05) is 17.4 Å². The fourth-order valence-corrected chi connectivity index (χ4v) is 2.97. The summed E-state index contributed by atoms with van der Waals surface area (Å²) in [4.78, 5) is 12.3. The van der Waals surface area contributed by atoms with E-state index in [1.807, 2.05) is 24.3 Å².